The lowest BCUT2D eigenvalue weighted by Gasteiger charge is -2.17. The first-order valence-electron chi connectivity index (χ1n) is 7.80. The zero-order valence-electron chi connectivity index (χ0n) is 14.2. The summed E-state index contributed by atoms with van der Waals surface area (Å²) in [4.78, 5) is 39.2. The topological polar surface area (TPSA) is 108 Å². The number of anilines is 1. The van der Waals surface area contributed by atoms with Crippen LogP contribution in [-0.2, 0) is 16.0 Å². The fraction of sp³-hybridized carbons (Fsp3) is 0.294. The number of benzene rings is 1. The maximum absolute atomic E-state index is 13.6. The van der Waals surface area contributed by atoms with Gasteiger partial charge in [0.05, 0.1) is 17.7 Å². The molecule has 26 heavy (non-hydrogen) atoms. The second-order valence-corrected chi connectivity index (χ2v) is 6.74. The van der Waals surface area contributed by atoms with Gasteiger partial charge in [-0.05, 0) is 18.1 Å². The third-order valence-electron chi connectivity index (χ3n) is 3.48. The van der Waals surface area contributed by atoms with Crippen LogP contribution in [0.25, 0.3) is 0 Å². The van der Waals surface area contributed by atoms with Crippen molar-refractivity contribution >= 4 is 34.3 Å². The first-order chi connectivity index (χ1) is 12.3. The number of aromatic nitrogens is 1. The summed E-state index contributed by atoms with van der Waals surface area (Å²) in [5.74, 6) is -3.14. The van der Waals surface area contributed by atoms with Crippen LogP contribution in [0.3, 0.4) is 0 Å². The van der Waals surface area contributed by atoms with E-state index in [0.717, 1.165) is 11.3 Å². The Morgan fingerprint density at radius 2 is 1.96 bits per heavy atom. The number of hydrogen-bond donors (Lipinski definition) is 3. The molecule has 1 atom stereocenters. The smallest absolute Gasteiger partial charge is 0.326 e. The van der Waals surface area contributed by atoms with E-state index in [2.05, 4.69) is 15.6 Å². The number of amides is 2. The summed E-state index contributed by atoms with van der Waals surface area (Å²) >= 11 is 1.09. The number of rotatable bonds is 7. The zero-order valence-corrected chi connectivity index (χ0v) is 15.0. The molecule has 2 aromatic rings. The summed E-state index contributed by atoms with van der Waals surface area (Å²) in [5, 5.41) is 15.8. The normalized spacial score (nSPS) is 11.8. The van der Waals surface area contributed by atoms with Crippen LogP contribution in [0.15, 0.2) is 29.6 Å². The van der Waals surface area contributed by atoms with Crippen LogP contribution in [0, 0.1) is 11.7 Å². The molecule has 1 heterocycles. The number of aliphatic carboxylic acids is 1. The van der Waals surface area contributed by atoms with E-state index >= 15 is 0 Å². The molecular formula is C17H18FN3O4S. The highest BCUT2D eigenvalue weighted by molar-refractivity contribution is 7.14. The highest BCUT2D eigenvalue weighted by atomic mass is 32.1. The molecular weight excluding hydrogens is 361 g/mol. The van der Waals surface area contributed by atoms with Crippen molar-refractivity contribution in [3.8, 4) is 0 Å². The predicted octanol–water partition coefficient (Wildman–Crippen LogP) is 2.30. The average Bonchev–Trinajstić information content (AvgIpc) is 2.99. The van der Waals surface area contributed by atoms with Crippen LogP contribution in [0.1, 0.15) is 29.9 Å². The number of thiazole rings is 1. The Bertz CT molecular complexity index is 822. The maximum Gasteiger partial charge on any atom is 0.326 e. The van der Waals surface area contributed by atoms with Gasteiger partial charge in [-0.1, -0.05) is 26.0 Å². The van der Waals surface area contributed by atoms with Crippen LogP contribution in [0.2, 0.25) is 0 Å². The van der Waals surface area contributed by atoms with E-state index < -0.39 is 29.6 Å². The van der Waals surface area contributed by atoms with Crippen molar-refractivity contribution in [1.82, 2.24) is 10.3 Å². The molecule has 0 aliphatic rings. The second kappa shape index (κ2) is 8.52. The molecule has 0 bridgehead atoms. The van der Waals surface area contributed by atoms with Crippen LogP contribution < -0.4 is 10.6 Å². The van der Waals surface area contributed by atoms with Gasteiger partial charge in [0.15, 0.2) is 5.13 Å². The van der Waals surface area contributed by atoms with Gasteiger partial charge in [0, 0.05) is 5.38 Å². The van der Waals surface area contributed by atoms with E-state index in [0.29, 0.717) is 5.69 Å². The standard InChI is InChI=1S/C17H18FN3O4S/c1-9(2)14(16(24)25)20-13(22)7-10-8-26-17(19-10)21-15(23)11-5-3-4-6-12(11)18/h3-6,8-9,14H,7H2,1-2H3,(H,20,22)(H,24,25)(H,19,21,23). The number of carboxylic acid groups (broad SMARTS) is 1. The summed E-state index contributed by atoms with van der Waals surface area (Å²) in [5.41, 5.74) is 0.271. The number of nitrogens with one attached hydrogen (secondary N) is 2. The molecule has 2 amide bonds. The van der Waals surface area contributed by atoms with E-state index in [9.17, 15) is 18.8 Å². The minimum Gasteiger partial charge on any atom is -0.480 e. The SMILES string of the molecule is CC(C)C(NC(=O)Cc1csc(NC(=O)c2ccccc2F)n1)C(=O)O. The fourth-order valence-corrected chi connectivity index (χ4v) is 2.86. The van der Waals surface area contributed by atoms with Crippen molar-refractivity contribution in [3.05, 3.63) is 46.7 Å². The largest absolute Gasteiger partial charge is 0.480 e. The lowest BCUT2D eigenvalue weighted by Crippen LogP contribution is -2.44. The van der Waals surface area contributed by atoms with Crippen molar-refractivity contribution in [2.24, 2.45) is 5.92 Å². The Balaban J connectivity index is 1.97. The lowest BCUT2D eigenvalue weighted by atomic mass is 10.0. The Labute approximate surface area is 153 Å². The number of halogens is 1. The summed E-state index contributed by atoms with van der Waals surface area (Å²) in [6.07, 6.45) is -0.122. The van der Waals surface area contributed by atoms with E-state index in [1.807, 2.05) is 0 Å². The summed E-state index contributed by atoms with van der Waals surface area (Å²) < 4.78 is 13.6. The van der Waals surface area contributed by atoms with E-state index in [1.165, 1.54) is 18.2 Å². The lowest BCUT2D eigenvalue weighted by molar-refractivity contribution is -0.143. The number of carbonyl (C=O) groups is 3. The average molecular weight is 379 g/mol. The van der Waals surface area contributed by atoms with Crippen molar-refractivity contribution in [2.75, 3.05) is 5.32 Å². The molecule has 7 nitrogen and oxygen atoms in total. The van der Waals surface area contributed by atoms with Gasteiger partial charge in [-0.25, -0.2) is 14.2 Å². The first kappa shape index (κ1) is 19.5. The molecule has 1 aromatic heterocycles. The van der Waals surface area contributed by atoms with Crippen LogP contribution in [0.5, 0.6) is 0 Å². The van der Waals surface area contributed by atoms with Gasteiger partial charge in [0.1, 0.15) is 11.9 Å². The Morgan fingerprint density at radius 3 is 2.58 bits per heavy atom. The van der Waals surface area contributed by atoms with Crippen molar-refractivity contribution in [2.45, 2.75) is 26.3 Å². The van der Waals surface area contributed by atoms with Gasteiger partial charge in [-0.3, -0.25) is 14.9 Å². The highest BCUT2D eigenvalue weighted by Crippen LogP contribution is 2.18. The third kappa shape index (κ3) is 5.09. The number of hydrogen-bond acceptors (Lipinski definition) is 5. The molecule has 0 aliphatic heterocycles. The van der Waals surface area contributed by atoms with Crippen molar-refractivity contribution < 1.29 is 23.9 Å². The molecule has 0 saturated heterocycles. The van der Waals surface area contributed by atoms with E-state index in [-0.39, 0.29) is 23.0 Å². The van der Waals surface area contributed by atoms with Crippen molar-refractivity contribution in [1.29, 1.82) is 0 Å². The number of carboxylic acids is 1. The monoisotopic (exact) mass is 379 g/mol. The predicted molar refractivity (Wildman–Crippen MR) is 94.6 cm³/mol. The van der Waals surface area contributed by atoms with Gasteiger partial charge in [-0.2, -0.15) is 0 Å². The van der Waals surface area contributed by atoms with Crippen molar-refractivity contribution in [3.63, 3.8) is 0 Å². The van der Waals surface area contributed by atoms with Crippen LogP contribution in [-0.4, -0.2) is 33.9 Å². The van der Waals surface area contributed by atoms with Gasteiger partial charge < -0.3 is 10.4 Å². The zero-order chi connectivity index (χ0) is 19.3. The minimum atomic E-state index is -1.11. The summed E-state index contributed by atoms with van der Waals surface area (Å²) in [6, 6.07) is 4.57. The number of carbonyl (C=O) groups excluding carboxylic acids is 2. The molecule has 9 heteroatoms. The van der Waals surface area contributed by atoms with E-state index in [1.54, 1.807) is 25.3 Å². The third-order valence-corrected chi connectivity index (χ3v) is 4.29. The Hall–Kier alpha value is -2.81. The molecule has 0 aliphatic carbocycles. The van der Waals surface area contributed by atoms with Gasteiger partial charge in [-0.15, -0.1) is 11.3 Å². The Kier molecular flexibility index (Phi) is 6.40. The number of nitrogens with zero attached hydrogens (tertiary/aromatic N) is 1. The van der Waals surface area contributed by atoms with Crippen LogP contribution in [0.4, 0.5) is 9.52 Å². The molecule has 0 saturated carbocycles. The molecule has 0 fully saturated rings. The highest BCUT2D eigenvalue weighted by Gasteiger charge is 2.23. The van der Waals surface area contributed by atoms with Gasteiger partial charge in [0.25, 0.3) is 5.91 Å². The van der Waals surface area contributed by atoms with Crippen LogP contribution >= 0.6 is 11.3 Å². The maximum atomic E-state index is 13.6. The fourth-order valence-electron chi connectivity index (χ4n) is 2.16. The molecule has 1 aromatic carbocycles. The molecule has 2 rings (SSSR count). The minimum absolute atomic E-state index is 0.108. The van der Waals surface area contributed by atoms with Gasteiger partial charge >= 0.3 is 5.97 Å². The summed E-state index contributed by atoms with van der Waals surface area (Å²) in [6.45, 7) is 3.39. The van der Waals surface area contributed by atoms with E-state index in [4.69, 9.17) is 5.11 Å². The molecule has 0 spiro atoms. The molecule has 138 valence electrons. The van der Waals surface area contributed by atoms with Gasteiger partial charge in [0.2, 0.25) is 5.91 Å². The molecule has 1 unspecified atom stereocenters. The quantitative estimate of drug-likeness (QED) is 0.684. The second-order valence-electron chi connectivity index (χ2n) is 5.88. The first-order valence-corrected chi connectivity index (χ1v) is 8.68. The Morgan fingerprint density at radius 1 is 1.27 bits per heavy atom. The molecule has 0 radical (unpaired) electrons. The molecule has 3 N–H and O–H groups in total. The summed E-state index contributed by atoms with van der Waals surface area (Å²) in [7, 11) is 0.